The van der Waals surface area contributed by atoms with Crippen LogP contribution in [0, 0.1) is 5.92 Å². The third-order valence-electron chi connectivity index (χ3n) is 6.80. The first-order valence-electron chi connectivity index (χ1n) is 13.2. The van der Waals surface area contributed by atoms with E-state index in [0.29, 0.717) is 37.1 Å². The molecule has 0 radical (unpaired) electrons. The maximum atomic E-state index is 13.2. The van der Waals surface area contributed by atoms with Crippen molar-refractivity contribution < 1.29 is 22.7 Å². The highest BCUT2D eigenvalue weighted by atomic mass is 32.2. The van der Waals surface area contributed by atoms with Crippen LogP contribution in [0.5, 0.6) is 0 Å². The first-order chi connectivity index (χ1) is 18.1. The molecule has 2 N–H and O–H groups in total. The zero-order valence-electron chi connectivity index (χ0n) is 23.4. The van der Waals surface area contributed by atoms with Crippen LogP contribution < -0.4 is 19.8 Å². The predicted molar refractivity (Wildman–Crippen MR) is 148 cm³/mol. The zero-order chi connectivity index (χ0) is 28.6. The van der Waals surface area contributed by atoms with Gasteiger partial charge in [-0.3, -0.25) is 4.79 Å². The van der Waals surface area contributed by atoms with Gasteiger partial charge in [0.15, 0.2) is 5.03 Å². The topological polar surface area (TPSA) is 134 Å². The lowest BCUT2D eigenvalue weighted by molar-refractivity contribution is 0.0508. The highest BCUT2D eigenvalue weighted by Gasteiger charge is 2.39. The van der Waals surface area contributed by atoms with Crippen molar-refractivity contribution in [2.24, 2.45) is 5.92 Å². The summed E-state index contributed by atoms with van der Waals surface area (Å²) >= 11 is 0. The largest absolute Gasteiger partial charge is 0.444 e. The van der Waals surface area contributed by atoms with Crippen molar-refractivity contribution in [3.63, 3.8) is 0 Å². The van der Waals surface area contributed by atoms with Gasteiger partial charge in [0.1, 0.15) is 17.2 Å². The van der Waals surface area contributed by atoms with Crippen molar-refractivity contribution in [1.82, 2.24) is 20.0 Å². The molecule has 2 aromatic heterocycles. The predicted octanol–water partition coefficient (Wildman–Crippen LogP) is 3.32. The summed E-state index contributed by atoms with van der Waals surface area (Å²) in [6.07, 6.45) is 2.70. The van der Waals surface area contributed by atoms with E-state index in [1.807, 2.05) is 4.90 Å². The molecule has 0 bridgehead atoms. The molecule has 4 rings (SSSR count). The van der Waals surface area contributed by atoms with Gasteiger partial charge >= 0.3 is 6.09 Å². The molecule has 12 heteroatoms. The summed E-state index contributed by atoms with van der Waals surface area (Å²) in [5, 5.41) is 2.58. The van der Waals surface area contributed by atoms with Crippen molar-refractivity contribution in [3.05, 3.63) is 42.1 Å². The standard InChI is InChI=1S/C27H38N6O5S/c1-18-15-27(5,6)33(16-18)23-20(9-8-13-28-23)24(34)31-39(36,37)22-11-7-10-21(30-22)32-14-12-19(17-32)29-25(35)38-26(2,3)4/h7-11,13,18-19H,12,14-17H2,1-6H3,(H,29,35)(H,31,34). The molecule has 2 fully saturated rings. The molecule has 39 heavy (non-hydrogen) atoms. The van der Waals surface area contributed by atoms with Crippen LogP contribution in [0.4, 0.5) is 16.4 Å². The maximum absolute atomic E-state index is 13.2. The number of carbonyl (C=O) groups is 2. The first-order valence-corrected chi connectivity index (χ1v) is 14.6. The van der Waals surface area contributed by atoms with Crippen molar-refractivity contribution in [2.75, 3.05) is 29.4 Å². The molecule has 2 atom stereocenters. The Bertz CT molecular complexity index is 1340. The van der Waals surface area contributed by atoms with Gasteiger partial charge in [-0.25, -0.2) is 19.5 Å². The Morgan fingerprint density at radius 2 is 1.87 bits per heavy atom. The second-order valence-corrected chi connectivity index (χ2v) is 13.6. The van der Waals surface area contributed by atoms with Crippen LogP contribution in [-0.2, 0) is 14.8 Å². The molecular formula is C27H38N6O5S. The molecule has 0 spiro atoms. The summed E-state index contributed by atoms with van der Waals surface area (Å²) in [5.41, 5.74) is -0.629. The molecule has 0 aromatic carbocycles. The van der Waals surface area contributed by atoms with E-state index in [2.05, 4.69) is 45.7 Å². The van der Waals surface area contributed by atoms with Crippen molar-refractivity contribution >= 4 is 33.7 Å². The highest BCUT2D eigenvalue weighted by Crippen LogP contribution is 2.37. The number of carbonyl (C=O) groups excluding carboxylic acids is 2. The average molecular weight is 559 g/mol. The number of amides is 2. The number of nitrogens with one attached hydrogen (secondary N) is 2. The van der Waals surface area contributed by atoms with E-state index >= 15 is 0 Å². The fourth-order valence-corrected chi connectivity index (χ4v) is 6.20. The van der Waals surface area contributed by atoms with E-state index in [9.17, 15) is 18.0 Å². The number of pyridine rings is 2. The molecule has 2 unspecified atom stereocenters. The fraction of sp³-hybridized carbons (Fsp3) is 0.556. The molecule has 11 nitrogen and oxygen atoms in total. The summed E-state index contributed by atoms with van der Waals surface area (Å²) in [6, 6.07) is 7.67. The van der Waals surface area contributed by atoms with Crippen molar-refractivity contribution in [2.45, 2.75) is 76.6 Å². The van der Waals surface area contributed by atoms with Crippen molar-refractivity contribution in [1.29, 1.82) is 0 Å². The monoisotopic (exact) mass is 558 g/mol. The van der Waals surface area contributed by atoms with E-state index in [4.69, 9.17) is 4.74 Å². The fourth-order valence-electron chi connectivity index (χ4n) is 5.27. The van der Waals surface area contributed by atoms with Gasteiger partial charge in [0.25, 0.3) is 15.9 Å². The third kappa shape index (κ3) is 6.78. The number of anilines is 2. The smallest absolute Gasteiger partial charge is 0.407 e. The lowest BCUT2D eigenvalue weighted by Crippen LogP contribution is -2.41. The van der Waals surface area contributed by atoms with Gasteiger partial charge in [0.2, 0.25) is 0 Å². The number of aromatic nitrogens is 2. The van der Waals surface area contributed by atoms with Gasteiger partial charge in [-0.05, 0) is 77.6 Å². The minimum absolute atomic E-state index is 0.164. The van der Waals surface area contributed by atoms with Crippen LogP contribution in [0.2, 0.25) is 0 Å². The SMILES string of the molecule is CC1CN(c2ncccc2C(=O)NS(=O)(=O)c2cccc(N3CCC(NC(=O)OC(C)(C)C)C3)n2)C(C)(C)C1. The minimum atomic E-state index is -4.27. The van der Waals surface area contributed by atoms with Crippen LogP contribution in [0.15, 0.2) is 41.6 Å². The summed E-state index contributed by atoms with van der Waals surface area (Å²) in [5.74, 6) is 0.553. The Morgan fingerprint density at radius 3 is 2.54 bits per heavy atom. The van der Waals surface area contributed by atoms with Crippen LogP contribution in [-0.4, -0.2) is 67.2 Å². The molecule has 2 amide bonds. The van der Waals surface area contributed by atoms with Crippen molar-refractivity contribution in [3.8, 4) is 0 Å². The number of sulfonamides is 1. The zero-order valence-corrected chi connectivity index (χ0v) is 24.2. The molecule has 2 aromatic rings. The van der Waals surface area contributed by atoms with Crippen LogP contribution in [0.25, 0.3) is 0 Å². The Morgan fingerprint density at radius 1 is 1.13 bits per heavy atom. The Balaban J connectivity index is 1.47. The molecule has 2 aliphatic heterocycles. The molecular weight excluding hydrogens is 520 g/mol. The number of hydrogen-bond donors (Lipinski definition) is 2. The first kappa shape index (κ1) is 28.6. The molecule has 0 saturated carbocycles. The Labute approximate surface area is 230 Å². The van der Waals surface area contributed by atoms with Crippen LogP contribution >= 0.6 is 0 Å². The Hall–Kier alpha value is -3.41. The number of nitrogens with zero attached hydrogens (tertiary/aromatic N) is 4. The van der Waals surface area contributed by atoms with Crippen LogP contribution in [0.1, 0.15) is 64.7 Å². The van der Waals surface area contributed by atoms with E-state index in [-0.39, 0.29) is 22.2 Å². The number of ether oxygens (including phenoxy) is 1. The maximum Gasteiger partial charge on any atom is 0.407 e. The van der Waals surface area contributed by atoms with Gasteiger partial charge in [-0.2, -0.15) is 8.42 Å². The van der Waals surface area contributed by atoms with E-state index < -0.39 is 27.6 Å². The summed E-state index contributed by atoms with van der Waals surface area (Å²) in [6.45, 7) is 13.5. The average Bonchev–Trinajstić information content (AvgIpc) is 3.40. The molecule has 2 aliphatic rings. The summed E-state index contributed by atoms with van der Waals surface area (Å²) in [4.78, 5) is 38.1. The normalized spacial score (nSPS) is 21.1. The molecule has 2 saturated heterocycles. The van der Waals surface area contributed by atoms with Gasteiger partial charge in [0.05, 0.1) is 11.6 Å². The summed E-state index contributed by atoms with van der Waals surface area (Å²) in [7, 11) is -4.27. The van der Waals surface area contributed by atoms with Gasteiger partial charge in [-0.1, -0.05) is 13.0 Å². The number of alkyl carbamates (subject to hydrolysis) is 1. The third-order valence-corrected chi connectivity index (χ3v) is 8.04. The van der Waals surface area contributed by atoms with Gasteiger partial charge in [-0.15, -0.1) is 0 Å². The lowest BCUT2D eigenvalue weighted by atomic mass is 9.97. The highest BCUT2D eigenvalue weighted by molar-refractivity contribution is 7.90. The molecule has 4 heterocycles. The van der Waals surface area contributed by atoms with E-state index in [1.165, 1.54) is 6.07 Å². The minimum Gasteiger partial charge on any atom is -0.444 e. The lowest BCUT2D eigenvalue weighted by Gasteiger charge is -2.33. The van der Waals surface area contributed by atoms with Gasteiger partial charge in [0, 0.05) is 31.4 Å². The quantitative estimate of drug-likeness (QED) is 0.548. The molecule has 212 valence electrons. The second-order valence-electron chi connectivity index (χ2n) is 12.0. The second kappa shape index (κ2) is 10.6. The van der Waals surface area contributed by atoms with Crippen LogP contribution in [0.3, 0.4) is 0 Å². The van der Waals surface area contributed by atoms with Gasteiger partial charge < -0.3 is 19.9 Å². The summed E-state index contributed by atoms with van der Waals surface area (Å²) < 4.78 is 33.9. The molecule has 0 aliphatic carbocycles. The Kier molecular flexibility index (Phi) is 7.79. The number of rotatable bonds is 6. The van der Waals surface area contributed by atoms with E-state index in [1.54, 1.807) is 51.2 Å². The number of hydrogen-bond acceptors (Lipinski definition) is 9. The van der Waals surface area contributed by atoms with E-state index in [0.717, 1.165) is 13.0 Å².